The van der Waals surface area contributed by atoms with Crippen LogP contribution in [0.5, 0.6) is 11.5 Å². The average Bonchev–Trinajstić information content (AvgIpc) is 2.33. The molecule has 4 heteroatoms. The second-order valence-electron chi connectivity index (χ2n) is 5.61. The molecule has 1 N–H and O–H groups in total. The van der Waals surface area contributed by atoms with Crippen LogP contribution in [-0.2, 0) is 4.79 Å². The molecule has 0 aliphatic rings. The number of rotatable bonds is 6. The number of methoxy groups -OCH3 is 1. The summed E-state index contributed by atoms with van der Waals surface area (Å²) in [6, 6.07) is 7.37. The topological polar surface area (TPSA) is 47.6 Å². The summed E-state index contributed by atoms with van der Waals surface area (Å²) in [5.74, 6) is 1.63. The van der Waals surface area contributed by atoms with Gasteiger partial charge in [-0.2, -0.15) is 0 Å². The van der Waals surface area contributed by atoms with Crippen molar-refractivity contribution in [3.63, 3.8) is 0 Å². The first-order chi connectivity index (χ1) is 8.90. The molecule has 4 nitrogen and oxygen atoms in total. The van der Waals surface area contributed by atoms with E-state index in [-0.39, 0.29) is 11.3 Å². The number of nitrogens with one attached hydrogen (secondary N) is 1. The van der Waals surface area contributed by atoms with Crippen LogP contribution in [0, 0.1) is 5.41 Å². The minimum atomic E-state index is 0.0148. The zero-order valence-corrected chi connectivity index (χ0v) is 12.2. The number of hydrogen-bond donors (Lipinski definition) is 1. The van der Waals surface area contributed by atoms with Gasteiger partial charge < -0.3 is 14.8 Å². The lowest BCUT2D eigenvalue weighted by atomic mass is 9.92. The largest absolute Gasteiger partial charge is 0.497 e. The first-order valence-electron chi connectivity index (χ1n) is 6.44. The molecule has 106 valence electrons. The van der Waals surface area contributed by atoms with Crippen molar-refractivity contribution in [2.75, 3.05) is 20.3 Å². The van der Waals surface area contributed by atoms with E-state index >= 15 is 0 Å². The maximum atomic E-state index is 11.6. The zero-order chi connectivity index (χ0) is 14.3. The fourth-order valence-electron chi connectivity index (χ4n) is 1.58. The van der Waals surface area contributed by atoms with Crippen molar-refractivity contribution in [1.29, 1.82) is 0 Å². The Kier molecular flexibility index (Phi) is 5.67. The summed E-state index contributed by atoms with van der Waals surface area (Å²) in [7, 11) is 1.63. The molecule has 0 bridgehead atoms. The number of carbonyl (C=O) groups is 1. The molecule has 0 saturated carbocycles. The lowest BCUT2D eigenvalue weighted by Gasteiger charge is -2.17. The van der Waals surface area contributed by atoms with E-state index in [0.29, 0.717) is 19.6 Å². The van der Waals surface area contributed by atoms with E-state index < -0.39 is 0 Å². The minimum absolute atomic E-state index is 0.0148. The molecule has 0 heterocycles. The molecule has 1 aromatic rings. The van der Waals surface area contributed by atoms with Crippen LogP contribution in [0.1, 0.15) is 27.2 Å². The summed E-state index contributed by atoms with van der Waals surface area (Å²) in [6.07, 6.45) is 0.523. The molecular weight excluding hydrogens is 242 g/mol. The highest BCUT2D eigenvalue weighted by Crippen LogP contribution is 2.18. The first kappa shape index (κ1) is 15.3. The quantitative estimate of drug-likeness (QED) is 0.804. The van der Waals surface area contributed by atoms with E-state index in [1.807, 2.05) is 45.0 Å². The number of amides is 1. The van der Waals surface area contributed by atoms with E-state index in [4.69, 9.17) is 9.47 Å². The Morgan fingerprint density at radius 3 is 2.26 bits per heavy atom. The van der Waals surface area contributed by atoms with Crippen LogP contribution < -0.4 is 14.8 Å². The van der Waals surface area contributed by atoms with Crippen LogP contribution in [-0.4, -0.2) is 26.2 Å². The highest BCUT2D eigenvalue weighted by molar-refractivity contribution is 5.76. The zero-order valence-electron chi connectivity index (χ0n) is 12.2. The molecule has 0 fully saturated rings. The molecule has 19 heavy (non-hydrogen) atoms. The molecule has 1 amide bonds. The van der Waals surface area contributed by atoms with Crippen molar-refractivity contribution in [1.82, 2.24) is 5.32 Å². The monoisotopic (exact) mass is 265 g/mol. The van der Waals surface area contributed by atoms with Gasteiger partial charge in [-0.25, -0.2) is 0 Å². The summed E-state index contributed by atoms with van der Waals surface area (Å²) < 4.78 is 10.6. The summed E-state index contributed by atoms with van der Waals surface area (Å²) >= 11 is 0. The fraction of sp³-hybridized carbons (Fsp3) is 0.533. The van der Waals surface area contributed by atoms with E-state index in [2.05, 4.69) is 5.32 Å². The second kappa shape index (κ2) is 7.02. The normalized spacial score (nSPS) is 10.9. The molecule has 0 aromatic heterocycles. The standard InChI is InChI=1S/C15H23NO3/c1-15(2,3)11-14(17)16-9-10-19-13-7-5-12(18-4)6-8-13/h5-8H,9-11H2,1-4H3,(H,16,17). The predicted octanol–water partition coefficient (Wildman–Crippen LogP) is 2.63. The van der Waals surface area contributed by atoms with Crippen LogP contribution in [0.25, 0.3) is 0 Å². The molecule has 0 aliphatic heterocycles. The average molecular weight is 265 g/mol. The first-order valence-corrected chi connectivity index (χ1v) is 6.44. The molecule has 1 aromatic carbocycles. The van der Waals surface area contributed by atoms with E-state index in [0.717, 1.165) is 11.5 Å². The predicted molar refractivity (Wildman–Crippen MR) is 75.6 cm³/mol. The van der Waals surface area contributed by atoms with Crippen molar-refractivity contribution < 1.29 is 14.3 Å². The van der Waals surface area contributed by atoms with Gasteiger partial charge in [-0.3, -0.25) is 4.79 Å². The summed E-state index contributed by atoms with van der Waals surface area (Å²) in [5, 5.41) is 2.84. The van der Waals surface area contributed by atoms with Gasteiger partial charge in [-0.1, -0.05) is 20.8 Å². The van der Waals surface area contributed by atoms with Gasteiger partial charge >= 0.3 is 0 Å². The molecule has 0 spiro atoms. The van der Waals surface area contributed by atoms with Crippen molar-refractivity contribution in [3.05, 3.63) is 24.3 Å². The SMILES string of the molecule is COc1ccc(OCCNC(=O)CC(C)(C)C)cc1. The lowest BCUT2D eigenvalue weighted by Crippen LogP contribution is -2.30. The Morgan fingerprint density at radius 1 is 1.16 bits per heavy atom. The molecule has 0 radical (unpaired) electrons. The van der Waals surface area contributed by atoms with Gasteiger partial charge in [-0.15, -0.1) is 0 Å². The van der Waals surface area contributed by atoms with Crippen LogP contribution >= 0.6 is 0 Å². The molecule has 0 atom stereocenters. The highest BCUT2D eigenvalue weighted by Gasteiger charge is 2.15. The van der Waals surface area contributed by atoms with Gasteiger partial charge in [0.2, 0.25) is 5.91 Å². The van der Waals surface area contributed by atoms with Gasteiger partial charge in [0.15, 0.2) is 0 Å². The summed E-state index contributed by atoms with van der Waals surface area (Å²) in [5.41, 5.74) is 0.0148. The minimum Gasteiger partial charge on any atom is -0.497 e. The molecule has 1 rings (SSSR count). The maximum Gasteiger partial charge on any atom is 0.220 e. The van der Waals surface area contributed by atoms with Crippen LogP contribution in [0.3, 0.4) is 0 Å². The number of benzene rings is 1. The van der Waals surface area contributed by atoms with E-state index in [9.17, 15) is 4.79 Å². The lowest BCUT2D eigenvalue weighted by molar-refractivity contribution is -0.122. The Morgan fingerprint density at radius 2 is 1.74 bits per heavy atom. The van der Waals surface area contributed by atoms with Crippen LogP contribution in [0.2, 0.25) is 0 Å². The van der Waals surface area contributed by atoms with Gasteiger partial charge in [0.25, 0.3) is 0 Å². The van der Waals surface area contributed by atoms with E-state index in [1.54, 1.807) is 7.11 Å². The van der Waals surface area contributed by atoms with Gasteiger partial charge in [0, 0.05) is 6.42 Å². The Labute approximate surface area is 115 Å². The van der Waals surface area contributed by atoms with Gasteiger partial charge in [0.05, 0.1) is 13.7 Å². The summed E-state index contributed by atoms with van der Waals surface area (Å²) in [6.45, 7) is 7.10. The number of hydrogen-bond acceptors (Lipinski definition) is 3. The smallest absolute Gasteiger partial charge is 0.220 e. The number of carbonyl (C=O) groups excluding carboxylic acids is 1. The third-order valence-electron chi connectivity index (χ3n) is 2.44. The Balaban J connectivity index is 2.21. The van der Waals surface area contributed by atoms with Crippen molar-refractivity contribution in [3.8, 4) is 11.5 Å². The Bertz CT molecular complexity index is 393. The third-order valence-corrected chi connectivity index (χ3v) is 2.44. The fourth-order valence-corrected chi connectivity index (χ4v) is 1.58. The Hall–Kier alpha value is -1.71. The summed E-state index contributed by atoms with van der Waals surface area (Å²) in [4.78, 5) is 11.6. The molecule has 0 aliphatic carbocycles. The maximum absolute atomic E-state index is 11.6. The van der Waals surface area contributed by atoms with Crippen molar-refractivity contribution in [2.45, 2.75) is 27.2 Å². The van der Waals surface area contributed by atoms with Crippen molar-refractivity contribution in [2.24, 2.45) is 5.41 Å². The van der Waals surface area contributed by atoms with Crippen molar-refractivity contribution >= 4 is 5.91 Å². The second-order valence-corrected chi connectivity index (χ2v) is 5.61. The van der Waals surface area contributed by atoms with E-state index in [1.165, 1.54) is 0 Å². The van der Waals surface area contributed by atoms with Crippen LogP contribution in [0.15, 0.2) is 24.3 Å². The molecule has 0 saturated heterocycles. The molecule has 0 unspecified atom stereocenters. The number of ether oxygens (including phenoxy) is 2. The molecular formula is C15H23NO3. The van der Waals surface area contributed by atoms with Gasteiger partial charge in [0.1, 0.15) is 18.1 Å². The van der Waals surface area contributed by atoms with Crippen LogP contribution in [0.4, 0.5) is 0 Å². The highest BCUT2D eigenvalue weighted by atomic mass is 16.5. The van der Waals surface area contributed by atoms with Gasteiger partial charge in [-0.05, 0) is 29.7 Å². The third kappa shape index (κ3) is 6.70.